The summed E-state index contributed by atoms with van der Waals surface area (Å²) >= 11 is 7.79. The third-order valence-corrected chi connectivity index (χ3v) is 4.33. The number of nitrogens with zero attached hydrogens (tertiary/aromatic N) is 2. The van der Waals surface area contributed by atoms with Crippen molar-refractivity contribution >= 4 is 34.9 Å². The van der Waals surface area contributed by atoms with Gasteiger partial charge in [-0.2, -0.15) is 16.7 Å². The maximum Gasteiger partial charge on any atom is 0.224 e. The zero-order valence-electron chi connectivity index (χ0n) is 9.82. The number of hydrogen-bond acceptors (Lipinski definition) is 5. The number of thioether (sulfide) groups is 1. The van der Waals surface area contributed by atoms with Crippen LogP contribution < -0.4 is 11.1 Å². The number of nitrogens with two attached hydrogens (primary N) is 1. The highest BCUT2D eigenvalue weighted by Gasteiger charge is 2.25. The van der Waals surface area contributed by atoms with Crippen molar-refractivity contribution in [3.63, 3.8) is 0 Å². The molecular weight excluding hydrogens is 256 g/mol. The van der Waals surface area contributed by atoms with E-state index in [0.717, 1.165) is 5.25 Å². The molecule has 0 aromatic carbocycles. The van der Waals surface area contributed by atoms with E-state index < -0.39 is 0 Å². The first-order chi connectivity index (χ1) is 8.19. The van der Waals surface area contributed by atoms with Crippen molar-refractivity contribution in [1.29, 1.82) is 0 Å². The van der Waals surface area contributed by atoms with Gasteiger partial charge in [0.2, 0.25) is 5.28 Å². The van der Waals surface area contributed by atoms with Crippen LogP contribution >= 0.6 is 23.4 Å². The predicted molar refractivity (Wildman–Crippen MR) is 74.6 cm³/mol. The molecule has 6 heteroatoms. The molecule has 1 aliphatic rings. The number of halogens is 1. The van der Waals surface area contributed by atoms with E-state index >= 15 is 0 Å². The van der Waals surface area contributed by atoms with E-state index in [9.17, 15) is 0 Å². The Morgan fingerprint density at radius 3 is 3.18 bits per heavy atom. The van der Waals surface area contributed by atoms with Crippen LogP contribution in [-0.2, 0) is 0 Å². The molecule has 0 spiro atoms. The van der Waals surface area contributed by atoms with Gasteiger partial charge in [-0.05, 0) is 36.6 Å². The summed E-state index contributed by atoms with van der Waals surface area (Å²) in [5, 5.41) is 4.36. The van der Waals surface area contributed by atoms with Gasteiger partial charge in [-0.25, -0.2) is 4.98 Å². The van der Waals surface area contributed by atoms with Gasteiger partial charge >= 0.3 is 0 Å². The minimum absolute atomic E-state index is 0.235. The molecule has 17 heavy (non-hydrogen) atoms. The second-order valence-electron chi connectivity index (χ2n) is 4.17. The highest BCUT2D eigenvalue weighted by molar-refractivity contribution is 7.99. The largest absolute Gasteiger partial charge is 0.394 e. The van der Waals surface area contributed by atoms with Gasteiger partial charge in [-0.3, -0.25) is 0 Å². The molecule has 0 radical (unpaired) electrons. The van der Waals surface area contributed by atoms with Crippen LogP contribution in [0.25, 0.3) is 0 Å². The van der Waals surface area contributed by atoms with Crippen LogP contribution in [0.15, 0.2) is 6.20 Å². The zero-order valence-corrected chi connectivity index (χ0v) is 11.4. The molecule has 1 fully saturated rings. The van der Waals surface area contributed by atoms with E-state index in [2.05, 4.69) is 22.2 Å². The Balaban J connectivity index is 1.95. The topological polar surface area (TPSA) is 63.8 Å². The van der Waals surface area contributed by atoms with Gasteiger partial charge in [0.05, 0.1) is 11.9 Å². The van der Waals surface area contributed by atoms with Crippen LogP contribution in [0.4, 0.5) is 11.5 Å². The lowest BCUT2D eigenvalue weighted by Gasteiger charge is -2.15. The molecule has 1 saturated carbocycles. The molecule has 1 aromatic rings. The van der Waals surface area contributed by atoms with Crippen molar-refractivity contribution in [1.82, 2.24) is 9.97 Å². The molecule has 2 rings (SSSR count). The van der Waals surface area contributed by atoms with E-state index in [4.69, 9.17) is 17.3 Å². The predicted octanol–water partition coefficient (Wildman–Crippen LogP) is 2.80. The van der Waals surface area contributed by atoms with Gasteiger partial charge in [-0.1, -0.05) is 6.92 Å². The average Bonchev–Trinajstić information content (AvgIpc) is 2.72. The van der Waals surface area contributed by atoms with Crippen molar-refractivity contribution in [2.24, 2.45) is 0 Å². The van der Waals surface area contributed by atoms with E-state index in [1.54, 1.807) is 6.20 Å². The summed E-state index contributed by atoms with van der Waals surface area (Å²) in [5.41, 5.74) is 6.37. The summed E-state index contributed by atoms with van der Waals surface area (Å²) in [7, 11) is 0. The van der Waals surface area contributed by atoms with Gasteiger partial charge in [0.1, 0.15) is 0 Å². The molecule has 1 heterocycles. The van der Waals surface area contributed by atoms with E-state index in [0.29, 0.717) is 17.5 Å². The van der Waals surface area contributed by atoms with Crippen LogP contribution in [0.2, 0.25) is 5.28 Å². The van der Waals surface area contributed by atoms with Gasteiger partial charge in [0.25, 0.3) is 0 Å². The SMILES string of the molecule is CCSC1CCC(Nc2nc(Cl)ncc2N)C1. The van der Waals surface area contributed by atoms with Gasteiger partial charge in [0.15, 0.2) is 5.82 Å². The molecule has 0 amide bonds. The molecule has 0 aliphatic heterocycles. The van der Waals surface area contributed by atoms with Crippen LogP contribution in [0.5, 0.6) is 0 Å². The van der Waals surface area contributed by atoms with Gasteiger partial charge < -0.3 is 11.1 Å². The van der Waals surface area contributed by atoms with Crippen molar-refractivity contribution in [3.05, 3.63) is 11.5 Å². The molecule has 0 bridgehead atoms. The highest BCUT2D eigenvalue weighted by atomic mass is 35.5. The molecule has 1 aliphatic carbocycles. The minimum atomic E-state index is 0.235. The van der Waals surface area contributed by atoms with E-state index in [1.807, 2.05) is 11.8 Å². The quantitative estimate of drug-likeness (QED) is 0.825. The fourth-order valence-electron chi connectivity index (χ4n) is 2.14. The molecular formula is C11H17ClN4S. The number of aromatic nitrogens is 2. The first-order valence-electron chi connectivity index (χ1n) is 5.85. The molecule has 2 unspecified atom stereocenters. The molecule has 3 N–H and O–H groups in total. The lowest BCUT2D eigenvalue weighted by atomic mass is 10.2. The Hall–Kier alpha value is -0.680. The average molecular weight is 273 g/mol. The number of nitrogen functional groups attached to an aromatic ring is 1. The lowest BCUT2D eigenvalue weighted by Crippen LogP contribution is -2.18. The van der Waals surface area contributed by atoms with Crippen molar-refractivity contribution in [3.8, 4) is 0 Å². The van der Waals surface area contributed by atoms with E-state index in [1.165, 1.54) is 25.0 Å². The fraction of sp³-hybridized carbons (Fsp3) is 0.636. The van der Waals surface area contributed by atoms with Crippen LogP contribution in [0.3, 0.4) is 0 Å². The van der Waals surface area contributed by atoms with Crippen LogP contribution in [-0.4, -0.2) is 27.0 Å². The molecule has 94 valence electrons. The number of nitrogens with one attached hydrogen (secondary N) is 1. The summed E-state index contributed by atoms with van der Waals surface area (Å²) in [6.07, 6.45) is 5.14. The molecule has 0 saturated heterocycles. The highest BCUT2D eigenvalue weighted by Crippen LogP contribution is 2.32. The summed E-state index contributed by atoms with van der Waals surface area (Å²) in [4.78, 5) is 7.96. The standard InChI is InChI=1S/C11H17ClN4S/c1-2-17-8-4-3-7(5-8)15-10-9(13)6-14-11(12)16-10/h6-8H,2-5,13H2,1H3,(H,14,15,16). The molecule has 1 aromatic heterocycles. The fourth-order valence-corrected chi connectivity index (χ4v) is 3.41. The first-order valence-corrected chi connectivity index (χ1v) is 7.28. The Labute approximate surface area is 111 Å². The first kappa shape index (κ1) is 12.8. The second kappa shape index (κ2) is 5.78. The summed E-state index contributed by atoms with van der Waals surface area (Å²) < 4.78 is 0. The molecule has 2 atom stereocenters. The van der Waals surface area contributed by atoms with Crippen molar-refractivity contribution in [2.75, 3.05) is 16.8 Å². The minimum Gasteiger partial charge on any atom is -0.394 e. The Kier molecular flexibility index (Phi) is 4.34. The van der Waals surface area contributed by atoms with Gasteiger partial charge in [0, 0.05) is 11.3 Å². The summed E-state index contributed by atoms with van der Waals surface area (Å²) in [6.45, 7) is 2.20. The van der Waals surface area contributed by atoms with Crippen LogP contribution in [0.1, 0.15) is 26.2 Å². The summed E-state index contributed by atoms with van der Waals surface area (Å²) in [6, 6.07) is 0.451. The number of anilines is 2. The van der Waals surface area contributed by atoms with Crippen molar-refractivity contribution < 1.29 is 0 Å². The van der Waals surface area contributed by atoms with Crippen molar-refractivity contribution in [2.45, 2.75) is 37.5 Å². The monoisotopic (exact) mass is 272 g/mol. The lowest BCUT2D eigenvalue weighted by molar-refractivity contribution is 0.752. The van der Waals surface area contributed by atoms with Crippen LogP contribution in [0, 0.1) is 0 Å². The van der Waals surface area contributed by atoms with E-state index in [-0.39, 0.29) is 5.28 Å². The Morgan fingerprint density at radius 1 is 1.59 bits per heavy atom. The van der Waals surface area contributed by atoms with Gasteiger partial charge in [-0.15, -0.1) is 0 Å². The summed E-state index contributed by atoms with van der Waals surface area (Å²) in [5.74, 6) is 1.84. The normalized spacial score (nSPS) is 23.9. The number of rotatable bonds is 4. The maximum atomic E-state index is 5.81. The third-order valence-electron chi connectivity index (χ3n) is 2.92. The second-order valence-corrected chi connectivity index (χ2v) is 6.09. The Morgan fingerprint density at radius 2 is 2.41 bits per heavy atom. The molecule has 4 nitrogen and oxygen atoms in total. The third kappa shape index (κ3) is 3.39. The number of hydrogen-bond donors (Lipinski definition) is 2. The Bertz CT molecular complexity index is 388. The zero-order chi connectivity index (χ0) is 12.3. The smallest absolute Gasteiger partial charge is 0.224 e. The maximum absolute atomic E-state index is 5.81.